The van der Waals surface area contributed by atoms with E-state index in [0.29, 0.717) is 12.6 Å². The van der Waals surface area contributed by atoms with E-state index in [2.05, 4.69) is 50.9 Å². The highest BCUT2D eigenvalue weighted by Crippen LogP contribution is 2.07. The van der Waals surface area contributed by atoms with Gasteiger partial charge in [0, 0.05) is 25.0 Å². The van der Waals surface area contributed by atoms with Crippen molar-refractivity contribution in [2.45, 2.75) is 39.9 Å². The van der Waals surface area contributed by atoms with E-state index in [4.69, 9.17) is 0 Å². The lowest BCUT2D eigenvalue weighted by molar-refractivity contribution is 0.300. The Balaban J connectivity index is 1.97. The number of aryl methyl sites for hydroxylation is 1. The highest BCUT2D eigenvalue weighted by Gasteiger charge is 2.06. The van der Waals surface area contributed by atoms with Crippen LogP contribution in [0.1, 0.15) is 30.8 Å². The molecule has 5 heteroatoms. The van der Waals surface area contributed by atoms with E-state index in [1.54, 1.807) is 0 Å². The van der Waals surface area contributed by atoms with Gasteiger partial charge >= 0.3 is 0 Å². The Bertz CT molecular complexity index is 472. The maximum absolute atomic E-state index is 4.68. The van der Waals surface area contributed by atoms with E-state index in [-0.39, 0.29) is 0 Å². The van der Waals surface area contributed by atoms with Crippen molar-refractivity contribution in [1.29, 1.82) is 0 Å². The molecule has 0 saturated carbocycles. The summed E-state index contributed by atoms with van der Waals surface area (Å²) in [5.41, 5.74) is 3.00. The summed E-state index contributed by atoms with van der Waals surface area (Å²) in [7, 11) is 0. The third kappa shape index (κ3) is 3.17. The molecule has 92 valence electrons. The van der Waals surface area contributed by atoms with Gasteiger partial charge in [-0.15, -0.1) is 0 Å². The fourth-order valence-corrected chi connectivity index (χ4v) is 1.58. The lowest BCUT2D eigenvalue weighted by Crippen LogP contribution is -2.21. The summed E-state index contributed by atoms with van der Waals surface area (Å²) in [4.78, 5) is 0. The van der Waals surface area contributed by atoms with E-state index in [0.717, 1.165) is 17.9 Å². The minimum atomic E-state index is 0.500. The topological polar surface area (TPSA) is 55.9 Å². The van der Waals surface area contributed by atoms with Gasteiger partial charge in [-0.25, -0.2) is 4.63 Å². The summed E-state index contributed by atoms with van der Waals surface area (Å²) in [5.74, 6) is 0. The fourth-order valence-electron chi connectivity index (χ4n) is 1.58. The van der Waals surface area contributed by atoms with Crippen molar-refractivity contribution in [3.05, 3.63) is 35.4 Å². The molecule has 0 aromatic carbocycles. The monoisotopic (exact) mass is 234 g/mol. The van der Waals surface area contributed by atoms with Crippen LogP contribution in [0, 0.1) is 6.92 Å². The number of hydrogen-bond donors (Lipinski definition) is 1. The highest BCUT2D eigenvalue weighted by atomic mass is 16.6. The van der Waals surface area contributed by atoms with Crippen LogP contribution in [0.25, 0.3) is 0 Å². The van der Waals surface area contributed by atoms with Crippen LogP contribution in [0.3, 0.4) is 0 Å². The van der Waals surface area contributed by atoms with Crippen LogP contribution in [-0.4, -0.2) is 20.9 Å². The van der Waals surface area contributed by atoms with Crippen molar-refractivity contribution >= 4 is 0 Å². The second kappa shape index (κ2) is 5.14. The minimum Gasteiger partial charge on any atom is -0.348 e. The maximum Gasteiger partial charge on any atom is 0.127 e. The number of hydrogen-bond acceptors (Lipinski definition) is 4. The van der Waals surface area contributed by atoms with Gasteiger partial charge in [0.25, 0.3) is 0 Å². The first-order valence-electron chi connectivity index (χ1n) is 5.81. The molecular formula is C12H18N4O. The summed E-state index contributed by atoms with van der Waals surface area (Å²) in [5, 5.41) is 11.0. The van der Waals surface area contributed by atoms with Crippen molar-refractivity contribution < 1.29 is 4.63 Å². The lowest BCUT2D eigenvalue weighted by Gasteiger charge is -2.05. The number of aromatic nitrogens is 3. The molecule has 5 nitrogen and oxygen atoms in total. The Hall–Kier alpha value is -1.62. The SMILES string of the molecule is Cc1nonc1Cn1ccc(CNC(C)C)c1. The Morgan fingerprint density at radius 2 is 2.24 bits per heavy atom. The molecule has 0 atom stereocenters. The zero-order chi connectivity index (χ0) is 12.3. The maximum atomic E-state index is 4.68. The van der Waals surface area contributed by atoms with Crippen molar-refractivity contribution in [3.8, 4) is 0 Å². The molecular weight excluding hydrogens is 216 g/mol. The Morgan fingerprint density at radius 3 is 2.88 bits per heavy atom. The van der Waals surface area contributed by atoms with Gasteiger partial charge in [-0.05, 0) is 18.6 Å². The first kappa shape index (κ1) is 11.9. The van der Waals surface area contributed by atoms with E-state index < -0.39 is 0 Å². The fraction of sp³-hybridized carbons (Fsp3) is 0.500. The van der Waals surface area contributed by atoms with Gasteiger partial charge < -0.3 is 9.88 Å². The molecule has 0 spiro atoms. The van der Waals surface area contributed by atoms with E-state index in [1.807, 2.05) is 13.1 Å². The third-order valence-electron chi connectivity index (χ3n) is 2.60. The highest BCUT2D eigenvalue weighted by molar-refractivity contribution is 5.13. The van der Waals surface area contributed by atoms with Gasteiger partial charge in [0.1, 0.15) is 11.4 Å². The molecule has 0 aliphatic heterocycles. The molecule has 2 aromatic heterocycles. The van der Waals surface area contributed by atoms with Crippen LogP contribution in [0.4, 0.5) is 0 Å². The summed E-state index contributed by atoms with van der Waals surface area (Å²) in [6.07, 6.45) is 4.16. The number of nitrogens with zero attached hydrogens (tertiary/aromatic N) is 3. The molecule has 0 radical (unpaired) electrons. The van der Waals surface area contributed by atoms with Gasteiger partial charge in [0.15, 0.2) is 0 Å². The van der Waals surface area contributed by atoms with Crippen LogP contribution < -0.4 is 5.32 Å². The van der Waals surface area contributed by atoms with Crippen LogP contribution >= 0.6 is 0 Å². The predicted octanol–water partition coefficient (Wildman–Crippen LogP) is 1.73. The molecule has 0 fully saturated rings. The summed E-state index contributed by atoms with van der Waals surface area (Å²) in [6, 6.07) is 2.61. The molecule has 2 rings (SSSR count). The normalized spacial score (nSPS) is 11.3. The molecule has 2 aromatic rings. The van der Waals surface area contributed by atoms with Crippen LogP contribution in [-0.2, 0) is 13.1 Å². The number of rotatable bonds is 5. The van der Waals surface area contributed by atoms with E-state index in [9.17, 15) is 0 Å². The van der Waals surface area contributed by atoms with Crippen LogP contribution in [0.15, 0.2) is 23.1 Å². The molecule has 0 amide bonds. The minimum absolute atomic E-state index is 0.500. The zero-order valence-corrected chi connectivity index (χ0v) is 10.5. The van der Waals surface area contributed by atoms with Gasteiger partial charge in [0.2, 0.25) is 0 Å². The second-order valence-electron chi connectivity index (χ2n) is 4.52. The van der Waals surface area contributed by atoms with E-state index in [1.165, 1.54) is 5.56 Å². The van der Waals surface area contributed by atoms with Crippen molar-refractivity contribution in [2.75, 3.05) is 0 Å². The zero-order valence-electron chi connectivity index (χ0n) is 10.5. The molecule has 2 heterocycles. The van der Waals surface area contributed by atoms with Gasteiger partial charge in [-0.2, -0.15) is 0 Å². The molecule has 0 aliphatic carbocycles. The molecule has 0 saturated heterocycles. The quantitative estimate of drug-likeness (QED) is 0.856. The van der Waals surface area contributed by atoms with Crippen molar-refractivity contribution in [3.63, 3.8) is 0 Å². The van der Waals surface area contributed by atoms with Crippen molar-refractivity contribution in [2.24, 2.45) is 0 Å². The summed E-state index contributed by atoms with van der Waals surface area (Å²) >= 11 is 0. The molecule has 0 aliphatic rings. The second-order valence-corrected chi connectivity index (χ2v) is 4.52. The van der Waals surface area contributed by atoms with Crippen molar-refractivity contribution in [1.82, 2.24) is 20.2 Å². The molecule has 17 heavy (non-hydrogen) atoms. The molecule has 0 unspecified atom stereocenters. The van der Waals surface area contributed by atoms with Gasteiger partial charge in [0.05, 0.1) is 6.54 Å². The van der Waals surface area contributed by atoms with Crippen LogP contribution in [0.5, 0.6) is 0 Å². The number of nitrogens with one attached hydrogen (secondary N) is 1. The predicted molar refractivity (Wildman–Crippen MR) is 64.5 cm³/mol. The Morgan fingerprint density at radius 1 is 1.41 bits per heavy atom. The standard InChI is InChI=1S/C12H18N4O/c1-9(2)13-6-11-4-5-16(7-11)8-12-10(3)14-17-15-12/h4-5,7,9,13H,6,8H2,1-3H3. The first-order valence-corrected chi connectivity index (χ1v) is 5.81. The van der Waals surface area contributed by atoms with Gasteiger partial charge in [-0.1, -0.05) is 24.2 Å². The average Bonchev–Trinajstić information content (AvgIpc) is 2.87. The average molecular weight is 234 g/mol. The van der Waals surface area contributed by atoms with Crippen LogP contribution in [0.2, 0.25) is 0 Å². The Labute approximate surface area is 101 Å². The largest absolute Gasteiger partial charge is 0.348 e. The summed E-state index contributed by atoms with van der Waals surface area (Å²) in [6.45, 7) is 7.77. The smallest absolute Gasteiger partial charge is 0.127 e. The van der Waals surface area contributed by atoms with Gasteiger partial charge in [-0.3, -0.25) is 0 Å². The molecule has 1 N–H and O–H groups in total. The lowest BCUT2D eigenvalue weighted by atomic mass is 10.3. The summed E-state index contributed by atoms with van der Waals surface area (Å²) < 4.78 is 6.76. The first-order chi connectivity index (χ1) is 8.15. The Kier molecular flexibility index (Phi) is 3.58. The van der Waals surface area contributed by atoms with E-state index >= 15 is 0 Å². The molecule has 0 bridgehead atoms. The third-order valence-corrected chi connectivity index (χ3v) is 2.60.